The molecule has 0 saturated carbocycles. The molecule has 1 unspecified atom stereocenters. The highest BCUT2D eigenvalue weighted by Crippen LogP contribution is 2.46. The number of benzene rings is 3. The van der Waals surface area contributed by atoms with Gasteiger partial charge >= 0.3 is 5.97 Å². The van der Waals surface area contributed by atoms with Crippen molar-refractivity contribution < 1.29 is 43.4 Å². The van der Waals surface area contributed by atoms with Crippen LogP contribution in [0.15, 0.2) is 78.9 Å². The molecular formula is C39H47FN6O8S2. The first-order chi connectivity index (χ1) is 26.3. The molecule has 0 aliphatic carbocycles. The Morgan fingerprint density at radius 3 is 2.05 bits per heavy atom. The number of nitrogens with one attached hydrogen (secondary N) is 5. The predicted molar refractivity (Wildman–Crippen MR) is 212 cm³/mol. The van der Waals surface area contributed by atoms with Crippen LogP contribution in [0.25, 0.3) is 0 Å². The quantitative estimate of drug-likeness (QED) is 0.131. The third-order valence-electron chi connectivity index (χ3n) is 9.01. The molecule has 5 amide bonds. The fourth-order valence-corrected chi connectivity index (χ4v) is 8.60. The molecule has 0 spiro atoms. The van der Waals surface area contributed by atoms with Crippen molar-refractivity contribution in [3.05, 3.63) is 101 Å². The number of aromatic hydroxyl groups is 1. The van der Waals surface area contributed by atoms with E-state index in [1.807, 2.05) is 0 Å². The SMILES string of the molecule is CC1(C)SSC(C)(C)[C@H](C(=O)N[C@@H](Cc2ccccc2)C(=O)O)NC(=O)[C@H](Cc2ccc(F)cc2)NC(=O)CNC(=O)C1NC(=O)[C@@H](N)Cc1ccc(O)cc1. The van der Waals surface area contributed by atoms with Crippen LogP contribution >= 0.6 is 21.6 Å². The molecule has 0 radical (unpaired) electrons. The van der Waals surface area contributed by atoms with E-state index in [9.17, 15) is 43.4 Å². The number of carboxylic acid groups (broad SMARTS) is 1. The molecule has 1 heterocycles. The number of hydrogen-bond donors (Lipinski definition) is 8. The number of nitrogens with two attached hydrogens (primary N) is 1. The van der Waals surface area contributed by atoms with Gasteiger partial charge in [-0.2, -0.15) is 0 Å². The summed E-state index contributed by atoms with van der Waals surface area (Å²) in [5.74, 6) is -5.54. The van der Waals surface area contributed by atoms with E-state index in [1.54, 1.807) is 70.2 Å². The van der Waals surface area contributed by atoms with E-state index in [0.717, 1.165) is 21.6 Å². The van der Waals surface area contributed by atoms with Gasteiger partial charge in [0.25, 0.3) is 0 Å². The van der Waals surface area contributed by atoms with Crippen LogP contribution in [-0.2, 0) is 48.0 Å². The normalized spacial score (nSPS) is 21.2. The number of hydrogen-bond acceptors (Lipinski definition) is 10. The Labute approximate surface area is 332 Å². The van der Waals surface area contributed by atoms with Gasteiger partial charge < -0.3 is 42.5 Å². The Kier molecular flexibility index (Phi) is 14.9. The van der Waals surface area contributed by atoms with Gasteiger partial charge in [0, 0.05) is 22.3 Å². The van der Waals surface area contributed by atoms with Crippen molar-refractivity contribution in [3.63, 3.8) is 0 Å². The van der Waals surface area contributed by atoms with Crippen LogP contribution in [0, 0.1) is 5.82 Å². The van der Waals surface area contributed by atoms with Crippen LogP contribution < -0.4 is 32.3 Å². The largest absolute Gasteiger partial charge is 0.508 e. The molecule has 1 aliphatic heterocycles. The monoisotopic (exact) mass is 810 g/mol. The average molecular weight is 811 g/mol. The first-order valence-corrected chi connectivity index (χ1v) is 19.9. The van der Waals surface area contributed by atoms with Gasteiger partial charge in [-0.15, -0.1) is 0 Å². The lowest BCUT2D eigenvalue weighted by Gasteiger charge is -2.39. The van der Waals surface area contributed by atoms with Gasteiger partial charge in [-0.1, -0.05) is 76.2 Å². The molecule has 0 bridgehead atoms. The van der Waals surface area contributed by atoms with Crippen molar-refractivity contribution in [2.75, 3.05) is 6.54 Å². The van der Waals surface area contributed by atoms with Crippen LogP contribution in [0.2, 0.25) is 0 Å². The number of rotatable bonds is 11. The highest BCUT2D eigenvalue weighted by atomic mass is 33.1. The number of halogens is 1. The third-order valence-corrected chi connectivity index (χ3v) is 13.3. The fourth-order valence-electron chi connectivity index (χ4n) is 5.78. The fraction of sp³-hybridized carbons (Fsp3) is 0.385. The van der Waals surface area contributed by atoms with Gasteiger partial charge in [0.2, 0.25) is 29.5 Å². The number of aliphatic carboxylic acids is 1. The molecule has 4 rings (SSSR count). The smallest absolute Gasteiger partial charge is 0.326 e. The zero-order valence-electron chi connectivity index (χ0n) is 31.3. The van der Waals surface area contributed by atoms with Crippen molar-refractivity contribution in [1.82, 2.24) is 26.6 Å². The van der Waals surface area contributed by atoms with Gasteiger partial charge in [0.05, 0.1) is 12.6 Å². The molecule has 3 aromatic carbocycles. The van der Waals surface area contributed by atoms with Crippen molar-refractivity contribution in [1.29, 1.82) is 0 Å². The summed E-state index contributed by atoms with van der Waals surface area (Å²) in [6.07, 6.45) is -0.0862. The molecule has 0 aromatic heterocycles. The summed E-state index contributed by atoms with van der Waals surface area (Å²) in [5.41, 5.74) is 8.04. The minimum Gasteiger partial charge on any atom is -0.508 e. The maximum Gasteiger partial charge on any atom is 0.326 e. The molecular weight excluding hydrogens is 764 g/mol. The second kappa shape index (κ2) is 19.1. The Bertz CT molecular complexity index is 1880. The Morgan fingerprint density at radius 1 is 0.839 bits per heavy atom. The summed E-state index contributed by atoms with van der Waals surface area (Å²) in [4.78, 5) is 81.1. The minimum atomic E-state index is -1.41. The van der Waals surface area contributed by atoms with Crippen LogP contribution in [0.3, 0.4) is 0 Å². The summed E-state index contributed by atoms with van der Waals surface area (Å²) >= 11 is 0. The van der Waals surface area contributed by atoms with Gasteiger partial charge in [0.15, 0.2) is 0 Å². The van der Waals surface area contributed by atoms with Gasteiger partial charge in [-0.05, 0) is 75.1 Å². The van der Waals surface area contributed by atoms with Gasteiger partial charge in [0.1, 0.15) is 35.7 Å². The molecule has 56 heavy (non-hydrogen) atoms. The zero-order valence-corrected chi connectivity index (χ0v) is 33.0. The summed E-state index contributed by atoms with van der Waals surface area (Å²) in [6, 6.07) is 13.6. The number of carbonyl (C=O) groups is 6. The maximum absolute atomic E-state index is 14.1. The highest BCUT2D eigenvalue weighted by Gasteiger charge is 2.45. The first kappa shape index (κ1) is 43.6. The van der Waals surface area contributed by atoms with Crippen LogP contribution in [0.1, 0.15) is 44.4 Å². The minimum absolute atomic E-state index is 0.0429. The molecule has 5 atom stereocenters. The van der Waals surface area contributed by atoms with E-state index in [1.165, 1.54) is 36.4 Å². The van der Waals surface area contributed by atoms with Crippen molar-refractivity contribution in [3.8, 4) is 5.75 Å². The second-order valence-corrected chi connectivity index (χ2v) is 17.9. The molecule has 17 heteroatoms. The van der Waals surface area contributed by atoms with Crippen molar-refractivity contribution >= 4 is 57.1 Å². The standard InChI is InChI=1S/C39H47FN6O8S2/c1-38(2)31(45-33(49)27(41)18-23-12-16-26(47)17-13-23)35(51)42-21-30(48)43-28(19-24-10-14-25(40)15-11-24)34(50)46-32(39(3,4)56-55-38)36(52)44-29(37(53)54)20-22-8-6-5-7-9-22/h5-17,27-29,31-32,47H,18-21,41H2,1-4H3,(H,42,51)(H,43,48)(H,44,52)(H,45,49)(H,46,50)(H,53,54)/t27-,28-,29-,31?,32-/m0/s1. The maximum atomic E-state index is 14.1. The van der Waals surface area contributed by atoms with Crippen LogP contribution in [0.5, 0.6) is 5.75 Å². The molecule has 1 aliphatic rings. The van der Waals surface area contributed by atoms with Crippen LogP contribution in [-0.4, -0.2) is 92.0 Å². The number of carbonyl (C=O) groups excluding carboxylic acids is 5. The number of phenols is 1. The highest BCUT2D eigenvalue weighted by molar-refractivity contribution is 8.77. The molecule has 9 N–H and O–H groups in total. The Balaban J connectivity index is 1.67. The summed E-state index contributed by atoms with van der Waals surface area (Å²) in [5, 5.41) is 32.9. The molecule has 1 fully saturated rings. The van der Waals surface area contributed by atoms with E-state index in [2.05, 4.69) is 26.6 Å². The van der Waals surface area contributed by atoms with Crippen molar-refractivity contribution in [2.24, 2.45) is 5.73 Å². The molecule has 3 aromatic rings. The lowest BCUT2D eigenvalue weighted by molar-refractivity contribution is -0.142. The summed E-state index contributed by atoms with van der Waals surface area (Å²) in [7, 11) is 2.25. The molecule has 1 saturated heterocycles. The van der Waals surface area contributed by atoms with E-state index in [4.69, 9.17) is 5.73 Å². The average Bonchev–Trinajstić information content (AvgIpc) is 3.15. The Hall–Kier alpha value is -5.13. The number of carboxylic acids is 1. The topological polar surface area (TPSA) is 229 Å². The number of amides is 5. The van der Waals surface area contributed by atoms with E-state index < -0.39 is 87.6 Å². The number of phenolic OH excluding ortho intramolecular Hbond substituents is 1. The summed E-state index contributed by atoms with van der Waals surface area (Å²) < 4.78 is 11.4. The van der Waals surface area contributed by atoms with Gasteiger partial charge in [-0.3, -0.25) is 24.0 Å². The van der Waals surface area contributed by atoms with E-state index in [0.29, 0.717) is 16.7 Å². The van der Waals surface area contributed by atoms with E-state index in [-0.39, 0.29) is 25.0 Å². The lowest BCUT2D eigenvalue weighted by atomic mass is 9.98. The van der Waals surface area contributed by atoms with E-state index >= 15 is 0 Å². The predicted octanol–water partition coefficient (Wildman–Crippen LogP) is 1.98. The lowest BCUT2D eigenvalue weighted by Crippen LogP contribution is -2.63. The van der Waals surface area contributed by atoms with Crippen molar-refractivity contribution in [2.45, 2.75) is 86.7 Å². The third kappa shape index (κ3) is 12.4. The second-order valence-electron chi connectivity index (χ2n) is 14.5. The summed E-state index contributed by atoms with van der Waals surface area (Å²) in [6.45, 7) is 6.06. The zero-order chi connectivity index (χ0) is 41.2. The Morgan fingerprint density at radius 2 is 1.43 bits per heavy atom. The molecule has 300 valence electrons. The molecule has 14 nitrogen and oxygen atoms in total. The first-order valence-electron chi connectivity index (χ1n) is 17.7. The van der Waals surface area contributed by atoms with Crippen LogP contribution in [0.4, 0.5) is 4.39 Å². The van der Waals surface area contributed by atoms with Gasteiger partial charge in [-0.25, -0.2) is 9.18 Å².